The highest BCUT2D eigenvalue weighted by atomic mass is 19.1. The Kier molecular flexibility index (Phi) is 4.08. The van der Waals surface area contributed by atoms with E-state index in [0.29, 0.717) is 6.42 Å². The second-order valence-corrected chi connectivity index (χ2v) is 5.05. The molecule has 114 valence electrons. The van der Waals surface area contributed by atoms with Crippen LogP contribution in [-0.2, 0) is 16.0 Å². The lowest BCUT2D eigenvalue weighted by Crippen LogP contribution is -2.28. The minimum Gasteiger partial charge on any atom is -0.301 e. The fraction of sp³-hybridized carbons (Fsp3) is 0.118. The predicted octanol–water partition coefficient (Wildman–Crippen LogP) is 2.58. The molecular formula is C17H12FN3O2. The van der Waals surface area contributed by atoms with Crippen LogP contribution < -0.4 is 5.43 Å². The molecule has 0 bridgehead atoms. The van der Waals surface area contributed by atoms with Gasteiger partial charge in [-0.2, -0.15) is 10.1 Å². The number of hydrogen-bond acceptors (Lipinski definition) is 5. The van der Waals surface area contributed by atoms with Gasteiger partial charge in [0.1, 0.15) is 23.8 Å². The molecule has 1 unspecified atom stereocenters. The smallest absolute Gasteiger partial charge is 0.240 e. The molecule has 0 amide bonds. The number of halogens is 1. The maximum atomic E-state index is 13.5. The summed E-state index contributed by atoms with van der Waals surface area (Å²) in [4.78, 5) is 24.8. The number of hydrazone groups is 1. The van der Waals surface area contributed by atoms with Crippen LogP contribution >= 0.6 is 0 Å². The summed E-state index contributed by atoms with van der Waals surface area (Å²) < 4.78 is 13.5. The van der Waals surface area contributed by atoms with Gasteiger partial charge >= 0.3 is 0 Å². The highest BCUT2D eigenvalue weighted by molar-refractivity contribution is 6.04. The number of nitrogens with one attached hydrogen (secondary N) is 1. The molecule has 2 aromatic carbocycles. The van der Waals surface area contributed by atoms with Crippen molar-refractivity contribution in [2.75, 3.05) is 0 Å². The number of hydrogen-bond donors (Lipinski definition) is 1. The number of benzene rings is 2. The van der Waals surface area contributed by atoms with E-state index >= 15 is 0 Å². The minimum absolute atomic E-state index is 0.0547. The van der Waals surface area contributed by atoms with Crippen molar-refractivity contribution in [3.63, 3.8) is 0 Å². The molecule has 23 heavy (non-hydrogen) atoms. The molecule has 1 aliphatic heterocycles. The van der Waals surface area contributed by atoms with Gasteiger partial charge in [0.25, 0.3) is 0 Å². The predicted molar refractivity (Wildman–Crippen MR) is 82.8 cm³/mol. The standard InChI is InChI=1S/C17H12FN3O2/c18-14-6-5-11(8-16(14)19-10-23)7-15-12-3-1-2-4-13(12)17(9-22)21-20-15/h1-6,8-9,17,21H,7H2. The Morgan fingerprint density at radius 1 is 1.30 bits per heavy atom. The van der Waals surface area contributed by atoms with Crippen molar-refractivity contribution in [2.45, 2.75) is 12.5 Å². The van der Waals surface area contributed by atoms with Crippen molar-refractivity contribution in [1.82, 2.24) is 5.43 Å². The lowest BCUT2D eigenvalue weighted by molar-refractivity contribution is -0.109. The Labute approximate surface area is 131 Å². The van der Waals surface area contributed by atoms with E-state index in [9.17, 15) is 14.0 Å². The summed E-state index contributed by atoms with van der Waals surface area (Å²) in [5, 5.41) is 4.25. The van der Waals surface area contributed by atoms with Crippen LogP contribution in [0.5, 0.6) is 0 Å². The molecule has 2 aromatic rings. The Morgan fingerprint density at radius 2 is 2.13 bits per heavy atom. The number of aldehydes is 1. The molecular weight excluding hydrogens is 297 g/mol. The van der Waals surface area contributed by atoms with Crippen molar-refractivity contribution >= 4 is 23.8 Å². The van der Waals surface area contributed by atoms with Gasteiger partial charge < -0.3 is 4.79 Å². The number of carbonyl (C=O) groups excluding carboxylic acids is 2. The molecule has 0 spiro atoms. The second kappa shape index (κ2) is 6.34. The van der Waals surface area contributed by atoms with Crippen LogP contribution in [0.15, 0.2) is 52.6 Å². The quantitative estimate of drug-likeness (QED) is 0.536. The first-order chi connectivity index (χ1) is 11.2. The molecule has 0 saturated heterocycles. The largest absolute Gasteiger partial charge is 0.301 e. The van der Waals surface area contributed by atoms with Crippen LogP contribution in [0, 0.1) is 5.82 Å². The van der Waals surface area contributed by atoms with Crippen molar-refractivity contribution < 1.29 is 14.0 Å². The van der Waals surface area contributed by atoms with E-state index in [-0.39, 0.29) is 5.69 Å². The molecule has 0 aliphatic carbocycles. The summed E-state index contributed by atoms with van der Waals surface area (Å²) >= 11 is 0. The van der Waals surface area contributed by atoms with Crippen LogP contribution in [0.1, 0.15) is 22.7 Å². The monoisotopic (exact) mass is 309 g/mol. The van der Waals surface area contributed by atoms with Crippen molar-refractivity contribution in [3.8, 4) is 0 Å². The highest BCUT2D eigenvalue weighted by Crippen LogP contribution is 2.25. The Bertz CT molecular complexity index is 841. The molecule has 5 nitrogen and oxygen atoms in total. The van der Waals surface area contributed by atoms with Gasteiger partial charge in [0.05, 0.1) is 5.71 Å². The molecule has 6 heteroatoms. The third-order valence-electron chi connectivity index (χ3n) is 3.63. The SMILES string of the molecule is O=C=Nc1cc(CC2=NNC(C=O)c3ccccc32)ccc1F. The first-order valence-corrected chi connectivity index (χ1v) is 6.96. The number of nitrogens with zero attached hydrogens (tertiary/aromatic N) is 2. The minimum atomic E-state index is -0.581. The fourth-order valence-corrected chi connectivity index (χ4v) is 2.54. The summed E-state index contributed by atoms with van der Waals surface area (Å²) in [5.74, 6) is -0.581. The molecule has 0 saturated carbocycles. The summed E-state index contributed by atoms with van der Waals surface area (Å²) in [6, 6.07) is 11.3. The van der Waals surface area contributed by atoms with Gasteiger partial charge in [0.2, 0.25) is 6.08 Å². The van der Waals surface area contributed by atoms with E-state index in [1.54, 1.807) is 6.07 Å². The first-order valence-electron chi connectivity index (χ1n) is 6.96. The van der Waals surface area contributed by atoms with Gasteiger partial charge in [-0.15, -0.1) is 0 Å². The van der Waals surface area contributed by atoms with E-state index in [4.69, 9.17) is 0 Å². The lowest BCUT2D eigenvalue weighted by atomic mass is 9.93. The first kappa shape index (κ1) is 14.8. The van der Waals surface area contributed by atoms with Gasteiger partial charge in [-0.3, -0.25) is 5.43 Å². The summed E-state index contributed by atoms with van der Waals surface area (Å²) in [6.45, 7) is 0. The van der Waals surface area contributed by atoms with Crippen LogP contribution in [-0.4, -0.2) is 18.1 Å². The zero-order valence-corrected chi connectivity index (χ0v) is 12.0. The Balaban J connectivity index is 1.95. The van der Waals surface area contributed by atoms with Crippen LogP contribution in [0.2, 0.25) is 0 Å². The summed E-state index contributed by atoms with van der Waals surface area (Å²) in [6.07, 6.45) is 2.55. The number of aliphatic imine (C=N–C) groups is 1. The van der Waals surface area contributed by atoms with Gasteiger partial charge in [-0.25, -0.2) is 9.18 Å². The lowest BCUT2D eigenvalue weighted by Gasteiger charge is -2.22. The summed E-state index contributed by atoms with van der Waals surface area (Å²) in [5.41, 5.74) is 5.95. The summed E-state index contributed by atoms with van der Waals surface area (Å²) in [7, 11) is 0. The van der Waals surface area contributed by atoms with Crippen LogP contribution in [0.25, 0.3) is 0 Å². The van der Waals surface area contributed by atoms with Gasteiger partial charge in [0.15, 0.2) is 0 Å². The third kappa shape index (κ3) is 2.93. The maximum absolute atomic E-state index is 13.5. The molecule has 3 rings (SSSR count). The Morgan fingerprint density at radius 3 is 2.91 bits per heavy atom. The van der Waals surface area contributed by atoms with Gasteiger partial charge in [0, 0.05) is 12.0 Å². The normalized spacial score (nSPS) is 15.7. The molecule has 1 N–H and O–H groups in total. The molecule has 1 aliphatic rings. The molecule has 1 heterocycles. The zero-order chi connectivity index (χ0) is 16.2. The maximum Gasteiger partial charge on any atom is 0.240 e. The number of fused-ring (bicyclic) bond motifs is 1. The van der Waals surface area contributed by atoms with Crippen molar-refractivity contribution in [2.24, 2.45) is 10.1 Å². The molecule has 1 atom stereocenters. The van der Waals surface area contributed by atoms with Crippen molar-refractivity contribution in [3.05, 3.63) is 65.0 Å². The van der Waals surface area contributed by atoms with E-state index < -0.39 is 11.9 Å². The van der Waals surface area contributed by atoms with E-state index in [0.717, 1.165) is 28.7 Å². The van der Waals surface area contributed by atoms with Crippen LogP contribution in [0.3, 0.4) is 0 Å². The van der Waals surface area contributed by atoms with Gasteiger partial charge in [-0.05, 0) is 23.3 Å². The number of rotatable bonds is 4. The average molecular weight is 309 g/mol. The highest BCUT2D eigenvalue weighted by Gasteiger charge is 2.21. The van der Waals surface area contributed by atoms with E-state index in [2.05, 4.69) is 15.5 Å². The molecule has 0 fully saturated rings. The van der Waals surface area contributed by atoms with Crippen LogP contribution in [0.4, 0.5) is 10.1 Å². The Hall–Kier alpha value is -3.11. The molecule has 0 radical (unpaired) electrons. The molecule has 0 aromatic heterocycles. The van der Waals surface area contributed by atoms with E-state index in [1.807, 2.05) is 24.3 Å². The average Bonchev–Trinajstić information content (AvgIpc) is 2.58. The third-order valence-corrected chi connectivity index (χ3v) is 3.63. The number of isocyanates is 1. The second-order valence-electron chi connectivity index (χ2n) is 5.05. The van der Waals surface area contributed by atoms with E-state index in [1.165, 1.54) is 18.2 Å². The fourth-order valence-electron chi connectivity index (χ4n) is 2.54. The van der Waals surface area contributed by atoms with Crippen molar-refractivity contribution in [1.29, 1.82) is 0 Å². The zero-order valence-electron chi connectivity index (χ0n) is 12.0. The topological polar surface area (TPSA) is 70.9 Å². The van der Waals surface area contributed by atoms with Gasteiger partial charge in [-0.1, -0.05) is 30.3 Å². The number of carbonyl (C=O) groups is 1.